The molecule has 1 N–H and O–H groups in total. The maximum Gasteiger partial charge on any atom is 0.255 e. The summed E-state index contributed by atoms with van der Waals surface area (Å²) in [5.41, 5.74) is 4.30. The third-order valence-electron chi connectivity index (χ3n) is 4.75. The van der Waals surface area contributed by atoms with Gasteiger partial charge in [-0.05, 0) is 55.6 Å². The number of halogens is 1. The Labute approximate surface area is 176 Å². The highest BCUT2D eigenvalue weighted by atomic mass is 79.9. The SMILES string of the molecule is Cc1cc(C)cc(C(=O)N2CC(=O)Nc3ccc(Br)cc3C2c2cccs2)c1. The van der Waals surface area contributed by atoms with Crippen LogP contribution >= 0.6 is 27.3 Å². The first kappa shape index (κ1) is 18.9. The minimum absolute atomic E-state index is 0.000683. The van der Waals surface area contributed by atoms with Crippen molar-refractivity contribution in [2.45, 2.75) is 19.9 Å². The number of fused-ring (bicyclic) bond motifs is 1. The molecule has 1 atom stereocenters. The van der Waals surface area contributed by atoms with E-state index in [1.165, 1.54) is 0 Å². The van der Waals surface area contributed by atoms with E-state index in [2.05, 4.69) is 21.2 Å². The minimum Gasteiger partial charge on any atom is -0.324 e. The molecule has 2 heterocycles. The third-order valence-corrected chi connectivity index (χ3v) is 6.17. The van der Waals surface area contributed by atoms with Crippen LogP contribution in [0.4, 0.5) is 5.69 Å². The van der Waals surface area contributed by atoms with Crippen molar-refractivity contribution in [3.8, 4) is 0 Å². The van der Waals surface area contributed by atoms with Crippen molar-refractivity contribution in [2.24, 2.45) is 0 Å². The van der Waals surface area contributed by atoms with E-state index in [-0.39, 0.29) is 24.4 Å². The number of aryl methyl sites for hydroxylation is 2. The van der Waals surface area contributed by atoms with Crippen molar-refractivity contribution in [3.63, 3.8) is 0 Å². The van der Waals surface area contributed by atoms with Gasteiger partial charge >= 0.3 is 0 Å². The highest BCUT2D eigenvalue weighted by Gasteiger charge is 2.34. The Morgan fingerprint density at radius 2 is 1.89 bits per heavy atom. The number of rotatable bonds is 2. The molecule has 1 aliphatic heterocycles. The van der Waals surface area contributed by atoms with Crippen LogP contribution in [-0.2, 0) is 4.79 Å². The molecule has 4 rings (SSSR count). The first-order chi connectivity index (χ1) is 13.4. The molecule has 0 radical (unpaired) electrons. The van der Waals surface area contributed by atoms with Gasteiger partial charge in [-0.2, -0.15) is 0 Å². The number of carbonyl (C=O) groups is 2. The van der Waals surface area contributed by atoms with Gasteiger partial charge in [0, 0.05) is 26.2 Å². The smallest absolute Gasteiger partial charge is 0.255 e. The molecule has 4 nitrogen and oxygen atoms in total. The van der Waals surface area contributed by atoms with E-state index >= 15 is 0 Å². The van der Waals surface area contributed by atoms with Gasteiger partial charge < -0.3 is 10.2 Å². The lowest BCUT2D eigenvalue weighted by molar-refractivity contribution is -0.117. The van der Waals surface area contributed by atoms with Crippen LogP contribution in [0.15, 0.2) is 58.4 Å². The molecule has 0 saturated heterocycles. The summed E-state index contributed by atoms with van der Waals surface area (Å²) in [5, 5.41) is 4.94. The van der Waals surface area contributed by atoms with E-state index in [1.807, 2.05) is 67.8 Å². The zero-order valence-corrected chi connectivity index (χ0v) is 17.9. The fourth-order valence-corrected chi connectivity index (χ4v) is 4.92. The molecule has 0 aliphatic carbocycles. The zero-order valence-electron chi connectivity index (χ0n) is 15.5. The molecule has 0 bridgehead atoms. The molecule has 2 aromatic carbocycles. The largest absolute Gasteiger partial charge is 0.324 e. The van der Waals surface area contributed by atoms with E-state index in [9.17, 15) is 9.59 Å². The maximum absolute atomic E-state index is 13.5. The second kappa shape index (κ2) is 7.53. The van der Waals surface area contributed by atoms with Gasteiger partial charge in [-0.15, -0.1) is 11.3 Å². The van der Waals surface area contributed by atoms with E-state index in [4.69, 9.17) is 0 Å². The molecule has 2 amide bonds. The van der Waals surface area contributed by atoms with Gasteiger partial charge in [-0.3, -0.25) is 9.59 Å². The average molecular weight is 455 g/mol. The Morgan fingerprint density at radius 1 is 1.14 bits per heavy atom. The standard InChI is InChI=1S/C22H19BrN2O2S/c1-13-8-14(2)10-15(9-13)22(27)25-12-20(26)24-18-6-5-16(23)11-17(18)21(25)19-4-3-7-28-19/h3-11,21H,12H2,1-2H3,(H,24,26). The van der Waals surface area contributed by atoms with Gasteiger partial charge in [-0.25, -0.2) is 0 Å². The Hall–Kier alpha value is -2.44. The molecular formula is C22H19BrN2O2S. The number of amides is 2. The van der Waals surface area contributed by atoms with Gasteiger partial charge in [0.1, 0.15) is 6.54 Å². The first-order valence-electron chi connectivity index (χ1n) is 8.94. The van der Waals surface area contributed by atoms with Crippen LogP contribution in [0.5, 0.6) is 0 Å². The quantitative estimate of drug-likeness (QED) is 0.569. The molecule has 0 spiro atoms. The highest BCUT2D eigenvalue weighted by Crippen LogP contribution is 2.39. The molecule has 28 heavy (non-hydrogen) atoms. The van der Waals surface area contributed by atoms with Gasteiger partial charge in [0.05, 0.1) is 6.04 Å². The minimum atomic E-state index is -0.334. The van der Waals surface area contributed by atoms with Crippen molar-refractivity contribution >= 4 is 44.8 Å². The summed E-state index contributed by atoms with van der Waals surface area (Å²) in [6.07, 6.45) is 0. The van der Waals surface area contributed by atoms with Gasteiger partial charge in [-0.1, -0.05) is 39.2 Å². The summed E-state index contributed by atoms with van der Waals surface area (Å²) in [5.74, 6) is -0.339. The first-order valence-corrected chi connectivity index (χ1v) is 10.6. The number of thiophene rings is 1. The van der Waals surface area contributed by atoms with Crippen molar-refractivity contribution < 1.29 is 9.59 Å². The van der Waals surface area contributed by atoms with E-state index < -0.39 is 0 Å². The Morgan fingerprint density at radius 3 is 2.57 bits per heavy atom. The third kappa shape index (κ3) is 3.62. The predicted octanol–water partition coefficient (Wildman–Crippen LogP) is 5.31. The molecule has 0 fully saturated rings. The summed E-state index contributed by atoms with van der Waals surface area (Å²) < 4.78 is 0.905. The molecular weight excluding hydrogens is 436 g/mol. The topological polar surface area (TPSA) is 49.4 Å². The van der Waals surface area contributed by atoms with Gasteiger partial charge in [0.2, 0.25) is 5.91 Å². The van der Waals surface area contributed by atoms with Gasteiger partial charge in [0.15, 0.2) is 0 Å². The molecule has 1 aliphatic rings. The average Bonchev–Trinajstić information content (AvgIpc) is 3.11. The fraction of sp³-hybridized carbons (Fsp3) is 0.182. The number of nitrogens with one attached hydrogen (secondary N) is 1. The molecule has 142 valence electrons. The van der Waals surface area contributed by atoms with Crippen molar-refractivity contribution in [2.75, 3.05) is 11.9 Å². The zero-order chi connectivity index (χ0) is 19.8. The Bertz CT molecular complexity index is 1040. The summed E-state index contributed by atoms with van der Waals surface area (Å²) in [4.78, 5) is 28.9. The second-order valence-corrected chi connectivity index (χ2v) is 8.90. The van der Waals surface area contributed by atoms with Gasteiger partial charge in [0.25, 0.3) is 5.91 Å². The van der Waals surface area contributed by atoms with E-state index in [0.717, 1.165) is 31.7 Å². The predicted molar refractivity (Wildman–Crippen MR) is 116 cm³/mol. The molecule has 3 aromatic rings. The lowest BCUT2D eigenvalue weighted by Crippen LogP contribution is -2.38. The number of hydrogen-bond acceptors (Lipinski definition) is 3. The van der Waals surface area contributed by atoms with E-state index in [0.29, 0.717) is 5.56 Å². The van der Waals surface area contributed by atoms with E-state index in [1.54, 1.807) is 16.2 Å². The molecule has 1 aromatic heterocycles. The number of nitrogens with zero attached hydrogens (tertiary/aromatic N) is 1. The summed E-state index contributed by atoms with van der Waals surface area (Å²) in [7, 11) is 0. The maximum atomic E-state index is 13.5. The normalized spacial score (nSPS) is 16.3. The number of hydrogen-bond donors (Lipinski definition) is 1. The van der Waals surface area contributed by atoms with Crippen molar-refractivity contribution in [3.05, 3.63) is 85.5 Å². The molecule has 0 saturated carbocycles. The van der Waals surface area contributed by atoms with Crippen LogP contribution in [0.25, 0.3) is 0 Å². The number of carbonyl (C=O) groups excluding carboxylic acids is 2. The van der Waals surface area contributed by atoms with Crippen LogP contribution < -0.4 is 5.32 Å². The lowest BCUT2D eigenvalue weighted by atomic mass is 10.00. The van der Waals surface area contributed by atoms with Crippen LogP contribution in [-0.4, -0.2) is 23.3 Å². The lowest BCUT2D eigenvalue weighted by Gasteiger charge is -2.30. The van der Waals surface area contributed by atoms with Crippen LogP contribution in [0, 0.1) is 13.8 Å². The molecule has 1 unspecified atom stereocenters. The van der Waals surface area contributed by atoms with Crippen LogP contribution in [0.3, 0.4) is 0 Å². The number of benzene rings is 2. The Balaban J connectivity index is 1.88. The van der Waals surface area contributed by atoms with Crippen LogP contribution in [0.2, 0.25) is 0 Å². The summed E-state index contributed by atoms with van der Waals surface area (Å²) >= 11 is 5.11. The molecule has 6 heteroatoms. The number of anilines is 1. The van der Waals surface area contributed by atoms with Crippen molar-refractivity contribution in [1.29, 1.82) is 0 Å². The Kier molecular flexibility index (Phi) is 5.08. The summed E-state index contributed by atoms with van der Waals surface area (Å²) in [6, 6.07) is 15.2. The summed E-state index contributed by atoms with van der Waals surface area (Å²) in [6.45, 7) is 3.95. The monoisotopic (exact) mass is 454 g/mol. The fourth-order valence-electron chi connectivity index (χ4n) is 3.68. The van der Waals surface area contributed by atoms with Crippen LogP contribution in [0.1, 0.15) is 38.0 Å². The highest BCUT2D eigenvalue weighted by molar-refractivity contribution is 9.10. The van der Waals surface area contributed by atoms with Crippen molar-refractivity contribution in [1.82, 2.24) is 4.90 Å². The second-order valence-electron chi connectivity index (χ2n) is 7.01.